The molecule has 0 aliphatic carbocycles. The Morgan fingerprint density at radius 2 is 2.00 bits per heavy atom. The second kappa shape index (κ2) is 3.73. The molecule has 1 saturated heterocycles. The highest BCUT2D eigenvalue weighted by molar-refractivity contribution is 5.31. The standard InChI is InChI=1S/C11H11F4N/c12-10(4-5-16-7-10)8-2-1-3-9(6-8)11(13,14)15/h1-3,6,16H,4-5,7H2/t10-/m1/s1. The predicted molar refractivity (Wildman–Crippen MR) is 51.7 cm³/mol. The summed E-state index contributed by atoms with van der Waals surface area (Å²) in [6, 6.07) is 4.50. The molecule has 1 nitrogen and oxygen atoms in total. The minimum atomic E-state index is -4.42. The van der Waals surface area contributed by atoms with Gasteiger partial charge in [-0.25, -0.2) is 4.39 Å². The number of hydrogen-bond donors (Lipinski definition) is 1. The highest BCUT2D eigenvalue weighted by Gasteiger charge is 2.38. The number of hydrogen-bond acceptors (Lipinski definition) is 1. The molecule has 1 aromatic carbocycles. The van der Waals surface area contributed by atoms with E-state index in [1.54, 1.807) is 0 Å². The molecule has 0 spiro atoms. The summed E-state index contributed by atoms with van der Waals surface area (Å²) in [5, 5.41) is 2.81. The van der Waals surface area contributed by atoms with Crippen molar-refractivity contribution in [1.29, 1.82) is 0 Å². The van der Waals surface area contributed by atoms with Crippen molar-refractivity contribution in [3.63, 3.8) is 0 Å². The van der Waals surface area contributed by atoms with Crippen LogP contribution in [0.2, 0.25) is 0 Å². The summed E-state index contributed by atoms with van der Waals surface area (Å²) in [4.78, 5) is 0. The van der Waals surface area contributed by atoms with Crippen LogP contribution in [-0.2, 0) is 11.8 Å². The minimum absolute atomic E-state index is 0.0777. The highest BCUT2D eigenvalue weighted by atomic mass is 19.4. The zero-order chi connectivity index (χ0) is 11.8. The van der Waals surface area contributed by atoms with E-state index >= 15 is 0 Å². The molecule has 0 unspecified atom stereocenters. The van der Waals surface area contributed by atoms with Gasteiger partial charge in [-0.05, 0) is 30.7 Å². The molecule has 88 valence electrons. The Morgan fingerprint density at radius 3 is 2.56 bits per heavy atom. The Balaban J connectivity index is 2.36. The van der Waals surface area contributed by atoms with Crippen LogP contribution in [0.1, 0.15) is 17.5 Å². The van der Waals surface area contributed by atoms with E-state index in [0.29, 0.717) is 6.54 Å². The lowest BCUT2D eigenvalue weighted by Gasteiger charge is -2.19. The van der Waals surface area contributed by atoms with Crippen LogP contribution >= 0.6 is 0 Å². The van der Waals surface area contributed by atoms with Crippen LogP contribution in [-0.4, -0.2) is 13.1 Å². The molecular formula is C11H11F4N. The van der Waals surface area contributed by atoms with Crippen LogP contribution in [0.4, 0.5) is 17.6 Å². The van der Waals surface area contributed by atoms with Crippen molar-refractivity contribution in [3.05, 3.63) is 35.4 Å². The van der Waals surface area contributed by atoms with E-state index < -0.39 is 17.4 Å². The maximum absolute atomic E-state index is 14.2. The molecule has 1 fully saturated rings. The molecular weight excluding hydrogens is 222 g/mol. The van der Waals surface area contributed by atoms with Crippen molar-refractivity contribution in [3.8, 4) is 0 Å². The number of benzene rings is 1. The number of nitrogens with one attached hydrogen (secondary N) is 1. The van der Waals surface area contributed by atoms with Gasteiger partial charge >= 0.3 is 6.18 Å². The third-order valence-electron chi connectivity index (χ3n) is 2.81. The number of alkyl halides is 4. The zero-order valence-corrected chi connectivity index (χ0v) is 8.44. The van der Waals surface area contributed by atoms with Crippen molar-refractivity contribution in [2.45, 2.75) is 18.3 Å². The first-order valence-electron chi connectivity index (χ1n) is 4.99. The van der Waals surface area contributed by atoms with Gasteiger partial charge in [0.1, 0.15) is 5.67 Å². The van der Waals surface area contributed by atoms with Gasteiger partial charge in [0.05, 0.1) is 5.56 Å². The lowest BCUT2D eigenvalue weighted by Crippen LogP contribution is -2.23. The minimum Gasteiger partial charge on any atom is -0.313 e. The Kier molecular flexibility index (Phi) is 2.66. The Bertz CT molecular complexity index is 380. The molecule has 1 aliphatic rings. The largest absolute Gasteiger partial charge is 0.416 e. The smallest absolute Gasteiger partial charge is 0.313 e. The molecule has 0 bridgehead atoms. The highest BCUT2D eigenvalue weighted by Crippen LogP contribution is 2.36. The molecule has 5 heteroatoms. The van der Waals surface area contributed by atoms with Gasteiger partial charge < -0.3 is 5.32 Å². The summed E-state index contributed by atoms with van der Waals surface area (Å²) < 4.78 is 51.5. The Hall–Kier alpha value is -1.10. The molecule has 16 heavy (non-hydrogen) atoms. The van der Waals surface area contributed by atoms with Crippen LogP contribution in [0.3, 0.4) is 0 Å². The zero-order valence-electron chi connectivity index (χ0n) is 8.44. The number of halogens is 4. The second-order valence-corrected chi connectivity index (χ2v) is 3.97. The normalized spacial score (nSPS) is 26.0. The first-order chi connectivity index (χ1) is 7.42. The van der Waals surface area contributed by atoms with E-state index in [9.17, 15) is 17.6 Å². The molecule has 1 N–H and O–H groups in total. The topological polar surface area (TPSA) is 12.0 Å². The van der Waals surface area contributed by atoms with Gasteiger partial charge in [0.15, 0.2) is 0 Å². The quantitative estimate of drug-likeness (QED) is 0.735. The lowest BCUT2D eigenvalue weighted by molar-refractivity contribution is -0.137. The molecule has 0 amide bonds. The predicted octanol–water partition coefficient (Wildman–Crippen LogP) is 2.86. The van der Waals surface area contributed by atoms with Gasteiger partial charge in [-0.1, -0.05) is 12.1 Å². The molecule has 1 aromatic rings. The Labute approximate surface area is 90.5 Å². The van der Waals surface area contributed by atoms with Gasteiger partial charge in [0, 0.05) is 6.54 Å². The van der Waals surface area contributed by atoms with Crippen molar-refractivity contribution < 1.29 is 17.6 Å². The van der Waals surface area contributed by atoms with Crippen molar-refractivity contribution in [1.82, 2.24) is 5.32 Å². The van der Waals surface area contributed by atoms with E-state index in [2.05, 4.69) is 5.32 Å². The molecule has 2 rings (SSSR count). The fourth-order valence-corrected chi connectivity index (χ4v) is 1.88. The molecule has 1 aliphatic heterocycles. The van der Waals surface area contributed by atoms with Gasteiger partial charge in [0.25, 0.3) is 0 Å². The molecule has 0 saturated carbocycles. The van der Waals surface area contributed by atoms with E-state index in [0.717, 1.165) is 12.1 Å². The summed E-state index contributed by atoms with van der Waals surface area (Å²) in [6.45, 7) is 0.570. The van der Waals surface area contributed by atoms with Gasteiger partial charge in [-0.15, -0.1) is 0 Å². The van der Waals surface area contributed by atoms with E-state index in [1.807, 2.05) is 0 Å². The van der Waals surface area contributed by atoms with Crippen LogP contribution in [0.25, 0.3) is 0 Å². The summed E-state index contributed by atoms with van der Waals surface area (Å²) in [5.41, 5.74) is -2.36. The summed E-state index contributed by atoms with van der Waals surface area (Å²) in [7, 11) is 0. The maximum atomic E-state index is 14.2. The first kappa shape index (κ1) is 11.4. The third kappa shape index (κ3) is 2.04. The average Bonchev–Trinajstić information content (AvgIpc) is 2.66. The fourth-order valence-electron chi connectivity index (χ4n) is 1.88. The van der Waals surface area contributed by atoms with Crippen LogP contribution in [0.15, 0.2) is 24.3 Å². The molecule has 1 heterocycles. The van der Waals surface area contributed by atoms with Gasteiger partial charge in [-0.2, -0.15) is 13.2 Å². The van der Waals surface area contributed by atoms with Gasteiger partial charge in [-0.3, -0.25) is 0 Å². The monoisotopic (exact) mass is 233 g/mol. The summed E-state index contributed by atoms with van der Waals surface area (Å²) >= 11 is 0. The van der Waals surface area contributed by atoms with E-state index in [1.165, 1.54) is 12.1 Å². The molecule has 0 radical (unpaired) electrons. The van der Waals surface area contributed by atoms with Crippen molar-refractivity contribution in [2.24, 2.45) is 0 Å². The first-order valence-corrected chi connectivity index (χ1v) is 4.99. The Morgan fingerprint density at radius 1 is 1.25 bits per heavy atom. The molecule has 0 aromatic heterocycles. The van der Waals surface area contributed by atoms with Crippen LogP contribution < -0.4 is 5.32 Å². The number of rotatable bonds is 1. The SMILES string of the molecule is FC(F)(F)c1cccc([C@@]2(F)CCNC2)c1. The maximum Gasteiger partial charge on any atom is 0.416 e. The summed E-state index contributed by atoms with van der Waals surface area (Å²) in [5.74, 6) is 0. The second-order valence-electron chi connectivity index (χ2n) is 3.97. The molecule has 1 atom stereocenters. The van der Waals surface area contributed by atoms with Crippen LogP contribution in [0, 0.1) is 0 Å². The van der Waals surface area contributed by atoms with Crippen molar-refractivity contribution in [2.75, 3.05) is 13.1 Å². The average molecular weight is 233 g/mol. The van der Waals surface area contributed by atoms with E-state index in [-0.39, 0.29) is 18.5 Å². The van der Waals surface area contributed by atoms with Crippen LogP contribution in [0.5, 0.6) is 0 Å². The fraction of sp³-hybridized carbons (Fsp3) is 0.455. The van der Waals surface area contributed by atoms with Gasteiger partial charge in [0.2, 0.25) is 0 Å². The van der Waals surface area contributed by atoms with E-state index in [4.69, 9.17) is 0 Å². The summed E-state index contributed by atoms with van der Waals surface area (Å²) in [6.07, 6.45) is -4.20. The van der Waals surface area contributed by atoms with Crippen molar-refractivity contribution >= 4 is 0 Å². The third-order valence-corrected chi connectivity index (χ3v) is 2.81. The lowest BCUT2D eigenvalue weighted by atomic mass is 9.93.